The van der Waals surface area contributed by atoms with Crippen molar-refractivity contribution in [3.8, 4) is 5.75 Å². The van der Waals surface area contributed by atoms with E-state index < -0.39 is 0 Å². The van der Waals surface area contributed by atoms with Crippen LogP contribution in [0.5, 0.6) is 5.75 Å². The number of pyridine rings is 1. The van der Waals surface area contributed by atoms with Gasteiger partial charge in [0.15, 0.2) is 0 Å². The van der Waals surface area contributed by atoms with E-state index in [2.05, 4.69) is 9.88 Å². The van der Waals surface area contributed by atoms with Gasteiger partial charge in [0.2, 0.25) is 0 Å². The lowest BCUT2D eigenvalue weighted by Crippen LogP contribution is -2.51. The quantitative estimate of drug-likeness (QED) is 0.682. The van der Waals surface area contributed by atoms with Gasteiger partial charge >= 0.3 is 0 Å². The number of nitrogens with zero attached hydrogens (tertiary/aromatic N) is 3. The minimum absolute atomic E-state index is 0.0784. The van der Waals surface area contributed by atoms with Gasteiger partial charge in [0.05, 0.1) is 22.9 Å². The number of hydrogen-bond donors (Lipinski definition) is 0. The molecule has 2 atom stereocenters. The third-order valence-corrected chi connectivity index (χ3v) is 6.66. The molecule has 32 heavy (non-hydrogen) atoms. The predicted molar refractivity (Wildman–Crippen MR) is 125 cm³/mol. The molecule has 2 aliphatic heterocycles. The molecule has 0 aliphatic carbocycles. The first-order valence-corrected chi connectivity index (χ1v) is 11.9. The van der Waals surface area contributed by atoms with E-state index in [9.17, 15) is 4.79 Å². The summed E-state index contributed by atoms with van der Waals surface area (Å²) in [6.45, 7) is 3.84. The second-order valence-corrected chi connectivity index (χ2v) is 9.03. The summed E-state index contributed by atoms with van der Waals surface area (Å²) in [5, 5.41) is 0.650. The lowest BCUT2D eigenvalue weighted by Gasteiger charge is -2.41. The summed E-state index contributed by atoms with van der Waals surface area (Å²) < 4.78 is 11.8. The zero-order chi connectivity index (χ0) is 22.3. The molecule has 2 bridgehead atoms. The molecule has 1 fully saturated rings. The molecule has 3 heterocycles. The van der Waals surface area contributed by atoms with E-state index in [1.807, 2.05) is 41.3 Å². The number of aromatic nitrogens is 1. The van der Waals surface area contributed by atoms with Crippen LogP contribution >= 0.6 is 11.6 Å². The molecule has 2 aliphatic rings. The molecular weight excluding hydrogens is 426 g/mol. The van der Waals surface area contributed by atoms with Crippen molar-refractivity contribution < 1.29 is 14.3 Å². The molecule has 1 aromatic heterocycles. The first-order valence-electron chi connectivity index (χ1n) is 11.5. The summed E-state index contributed by atoms with van der Waals surface area (Å²) in [5.41, 5.74) is 1.68. The number of hydrogen-bond acceptors (Lipinski definition) is 5. The Kier molecular flexibility index (Phi) is 8.00. The van der Waals surface area contributed by atoms with Gasteiger partial charge < -0.3 is 14.4 Å². The van der Waals surface area contributed by atoms with Gasteiger partial charge in [-0.3, -0.25) is 14.7 Å². The molecule has 0 spiro atoms. The fourth-order valence-corrected chi connectivity index (χ4v) is 4.87. The third kappa shape index (κ3) is 5.80. The fraction of sp³-hybridized carbons (Fsp3) is 0.520. The van der Waals surface area contributed by atoms with Gasteiger partial charge in [-0.25, -0.2) is 0 Å². The Morgan fingerprint density at radius 2 is 2.03 bits per heavy atom. The second-order valence-electron chi connectivity index (χ2n) is 8.60. The minimum Gasteiger partial charge on any atom is -0.492 e. The number of rotatable bonds is 3. The highest BCUT2D eigenvalue weighted by Gasteiger charge is 2.34. The van der Waals surface area contributed by atoms with Crippen LogP contribution in [0.25, 0.3) is 0 Å². The largest absolute Gasteiger partial charge is 0.492 e. The van der Waals surface area contributed by atoms with Crippen molar-refractivity contribution in [2.24, 2.45) is 0 Å². The first kappa shape index (κ1) is 23.0. The number of benzene rings is 1. The summed E-state index contributed by atoms with van der Waals surface area (Å²) in [6, 6.07) is 11.5. The van der Waals surface area contributed by atoms with Crippen molar-refractivity contribution in [2.45, 2.75) is 50.8 Å². The van der Waals surface area contributed by atoms with Crippen LogP contribution in [-0.2, 0) is 11.3 Å². The molecular formula is C25H32ClN3O3. The molecule has 7 heteroatoms. The number of ether oxygens (including phenoxy) is 2. The summed E-state index contributed by atoms with van der Waals surface area (Å²) >= 11 is 5.99. The van der Waals surface area contributed by atoms with Crippen LogP contribution in [0.4, 0.5) is 0 Å². The topological polar surface area (TPSA) is 54.9 Å². The van der Waals surface area contributed by atoms with Crippen LogP contribution in [0.3, 0.4) is 0 Å². The fourth-order valence-electron chi connectivity index (χ4n) is 4.76. The minimum atomic E-state index is 0.0784. The van der Waals surface area contributed by atoms with E-state index in [4.69, 9.17) is 21.1 Å². The van der Waals surface area contributed by atoms with Gasteiger partial charge in [-0.05, 0) is 62.6 Å². The number of fused-ring (bicyclic) bond motifs is 3. The summed E-state index contributed by atoms with van der Waals surface area (Å²) in [4.78, 5) is 22.2. The molecule has 172 valence electrons. The van der Waals surface area contributed by atoms with Crippen molar-refractivity contribution in [2.75, 3.05) is 33.4 Å². The summed E-state index contributed by atoms with van der Waals surface area (Å²) in [7, 11) is 1.76. The van der Waals surface area contributed by atoms with Crippen molar-refractivity contribution in [3.63, 3.8) is 0 Å². The van der Waals surface area contributed by atoms with Crippen LogP contribution in [-0.4, -0.2) is 66.2 Å². The predicted octanol–water partition coefficient (Wildman–Crippen LogP) is 4.42. The number of carbonyl (C=O) groups is 1. The number of halogens is 1. The lowest BCUT2D eigenvalue weighted by atomic mass is 9.93. The molecule has 1 amide bonds. The maximum atomic E-state index is 13.3. The van der Waals surface area contributed by atoms with Crippen LogP contribution < -0.4 is 4.74 Å². The van der Waals surface area contributed by atoms with E-state index >= 15 is 0 Å². The second kappa shape index (κ2) is 11.1. The number of amides is 1. The van der Waals surface area contributed by atoms with E-state index in [1.165, 1.54) is 0 Å². The molecule has 1 saturated heterocycles. The number of carbonyl (C=O) groups excluding carboxylic acids is 1. The molecule has 1 aromatic carbocycles. The van der Waals surface area contributed by atoms with Crippen molar-refractivity contribution in [1.29, 1.82) is 0 Å². The molecule has 2 aromatic rings. The average molecular weight is 458 g/mol. The van der Waals surface area contributed by atoms with Gasteiger partial charge in [-0.2, -0.15) is 0 Å². The Hall–Kier alpha value is -2.15. The smallest absolute Gasteiger partial charge is 0.254 e. The highest BCUT2D eigenvalue weighted by Crippen LogP contribution is 2.27. The number of piperidine rings is 1. The Morgan fingerprint density at radius 1 is 1.12 bits per heavy atom. The van der Waals surface area contributed by atoms with Crippen molar-refractivity contribution in [1.82, 2.24) is 14.8 Å². The molecule has 0 saturated carbocycles. The lowest BCUT2D eigenvalue weighted by molar-refractivity contribution is -0.0156. The third-order valence-electron chi connectivity index (χ3n) is 6.44. The van der Waals surface area contributed by atoms with Crippen molar-refractivity contribution in [3.05, 3.63) is 58.9 Å². The van der Waals surface area contributed by atoms with Gasteiger partial charge in [-0.1, -0.05) is 24.1 Å². The Balaban J connectivity index is 1.53. The Morgan fingerprint density at radius 3 is 2.84 bits per heavy atom. The Bertz CT molecular complexity index is 892. The zero-order valence-electron chi connectivity index (χ0n) is 18.7. The number of methoxy groups -OCH3 is 1. The van der Waals surface area contributed by atoms with Crippen LogP contribution in [0.2, 0.25) is 5.02 Å². The highest BCUT2D eigenvalue weighted by molar-refractivity contribution is 6.30. The van der Waals surface area contributed by atoms with Crippen LogP contribution in [0.15, 0.2) is 42.6 Å². The van der Waals surface area contributed by atoms with Gasteiger partial charge in [0.25, 0.3) is 5.91 Å². The maximum Gasteiger partial charge on any atom is 0.254 e. The standard InChI is InChI=1S/C25H32ClN3O3/c1-31-24-9-5-13-29-23(24)8-2-3-12-28(18-21-11-10-20(26)17-27-21)14-15-32-22-7-4-6-19(16-22)25(29)30/h4,6-7,10-11,16-17,23-24H,2-3,5,8-9,12-15,18H2,1H3/t23-,24-/m1/s1. The van der Waals surface area contributed by atoms with Crippen LogP contribution in [0, 0.1) is 0 Å². The van der Waals surface area contributed by atoms with E-state index in [0.717, 1.165) is 69.7 Å². The van der Waals surface area contributed by atoms with Gasteiger partial charge in [0, 0.05) is 38.5 Å². The van der Waals surface area contributed by atoms with E-state index in [-0.39, 0.29) is 18.1 Å². The zero-order valence-corrected chi connectivity index (χ0v) is 19.5. The first-order chi connectivity index (χ1) is 15.6. The summed E-state index contributed by atoms with van der Waals surface area (Å²) in [5.74, 6) is 0.809. The summed E-state index contributed by atoms with van der Waals surface area (Å²) in [6.07, 6.45) is 6.81. The monoisotopic (exact) mass is 457 g/mol. The van der Waals surface area contributed by atoms with E-state index in [0.29, 0.717) is 17.2 Å². The van der Waals surface area contributed by atoms with Crippen LogP contribution in [0.1, 0.15) is 48.2 Å². The SMILES string of the molecule is CO[C@@H]1CCCN2C(=O)c3cccc(c3)OCCN(Cc3ccc(Cl)cn3)CCCC[C@H]12. The molecule has 0 radical (unpaired) electrons. The van der Waals surface area contributed by atoms with Gasteiger partial charge in [0.1, 0.15) is 12.4 Å². The average Bonchev–Trinajstić information content (AvgIpc) is 2.82. The maximum absolute atomic E-state index is 13.3. The normalized spacial score (nSPS) is 23.2. The molecule has 0 N–H and O–H groups in total. The highest BCUT2D eigenvalue weighted by atomic mass is 35.5. The molecule has 4 rings (SSSR count). The van der Waals surface area contributed by atoms with Crippen molar-refractivity contribution >= 4 is 17.5 Å². The Labute approximate surface area is 195 Å². The van der Waals surface area contributed by atoms with E-state index in [1.54, 1.807) is 13.3 Å². The molecule has 0 unspecified atom stereocenters. The van der Waals surface area contributed by atoms with Gasteiger partial charge in [-0.15, -0.1) is 0 Å². The molecule has 6 nitrogen and oxygen atoms in total.